The summed E-state index contributed by atoms with van der Waals surface area (Å²) >= 11 is 2.11. The van der Waals surface area contributed by atoms with Gasteiger partial charge in [-0.2, -0.15) is 11.8 Å². The summed E-state index contributed by atoms with van der Waals surface area (Å²) in [7, 11) is 0. The predicted molar refractivity (Wildman–Crippen MR) is 81.1 cm³/mol. The van der Waals surface area contributed by atoms with Gasteiger partial charge in [0, 0.05) is 5.75 Å². The van der Waals surface area contributed by atoms with Gasteiger partial charge in [-0.25, -0.2) is 0 Å². The van der Waals surface area contributed by atoms with E-state index in [-0.39, 0.29) is 0 Å². The van der Waals surface area contributed by atoms with Crippen LogP contribution in [0.3, 0.4) is 0 Å². The van der Waals surface area contributed by atoms with Gasteiger partial charge < -0.3 is 0 Å². The Morgan fingerprint density at radius 1 is 0.889 bits per heavy atom. The molecule has 0 amide bonds. The second-order valence-corrected chi connectivity index (χ2v) is 6.50. The van der Waals surface area contributed by atoms with E-state index in [2.05, 4.69) is 60.3 Å². The van der Waals surface area contributed by atoms with E-state index in [1.807, 2.05) is 0 Å². The zero-order chi connectivity index (χ0) is 11.9. The van der Waals surface area contributed by atoms with Crippen LogP contribution in [0.1, 0.15) is 6.42 Å². The lowest BCUT2D eigenvalue weighted by Gasteiger charge is -2.28. The third-order valence-electron chi connectivity index (χ3n) is 4.19. The quantitative estimate of drug-likeness (QED) is 0.695. The van der Waals surface area contributed by atoms with E-state index in [1.165, 1.54) is 39.1 Å². The van der Waals surface area contributed by atoms with Crippen molar-refractivity contribution in [1.82, 2.24) is 0 Å². The molecule has 2 aromatic rings. The van der Waals surface area contributed by atoms with E-state index in [0.29, 0.717) is 0 Å². The van der Waals surface area contributed by atoms with E-state index < -0.39 is 0 Å². The predicted octanol–water partition coefficient (Wildman–Crippen LogP) is 2.78. The topological polar surface area (TPSA) is 0 Å². The normalized spacial score (nSPS) is 25.8. The van der Waals surface area contributed by atoms with Gasteiger partial charge in [0.2, 0.25) is 0 Å². The molecular formula is C17H16S. The minimum Gasteiger partial charge on any atom is -0.161 e. The number of thioether (sulfide) groups is 1. The number of hydrogen-bond acceptors (Lipinski definition) is 1. The van der Waals surface area contributed by atoms with Crippen molar-refractivity contribution in [3.8, 4) is 0 Å². The van der Waals surface area contributed by atoms with Gasteiger partial charge in [0.05, 0.1) is 0 Å². The Labute approximate surface area is 111 Å². The minimum atomic E-state index is 0.761. The summed E-state index contributed by atoms with van der Waals surface area (Å²) in [5, 5.41) is 5.62. The molecule has 1 saturated heterocycles. The summed E-state index contributed by atoms with van der Waals surface area (Å²) in [6.45, 7) is 0. The Bertz CT molecular complexity index is 651. The maximum atomic E-state index is 2.52. The first-order valence-corrected chi connectivity index (χ1v) is 7.86. The molecule has 4 rings (SSSR count). The third kappa shape index (κ3) is 1.69. The van der Waals surface area contributed by atoms with Gasteiger partial charge in [0.1, 0.15) is 0 Å². The molecule has 1 heterocycles. The highest BCUT2D eigenvalue weighted by atomic mass is 32.2. The Hall–Kier alpha value is -1.21. The van der Waals surface area contributed by atoms with Gasteiger partial charge in [-0.05, 0) is 57.4 Å². The van der Waals surface area contributed by atoms with Crippen LogP contribution in [0.4, 0.5) is 0 Å². The molecule has 1 aliphatic heterocycles. The van der Waals surface area contributed by atoms with Crippen molar-refractivity contribution in [2.24, 2.45) is 11.8 Å². The number of fused-ring (bicyclic) bond motifs is 3. The largest absolute Gasteiger partial charge is 0.161 e. The van der Waals surface area contributed by atoms with Crippen LogP contribution in [0.25, 0.3) is 22.9 Å². The minimum absolute atomic E-state index is 0.761. The van der Waals surface area contributed by atoms with Gasteiger partial charge in [0.15, 0.2) is 0 Å². The lowest BCUT2D eigenvalue weighted by atomic mass is 9.85. The average molecular weight is 252 g/mol. The highest BCUT2D eigenvalue weighted by molar-refractivity contribution is 7.99. The van der Waals surface area contributed by atoms with Gasteiger partial charge in [-0.15, -0.1) is 0 Å². The SMILES string of the molecule is C1=c2cc3ccccc3cc2=CC2CSCCC12. The molecule has 0 bridgehead atoms. The maximum Gasteiger partial charge on any atom is 0.000154 e. The number of hydrogen-bond donors (Lipinski definition) is 0. The Kier molecular flexibility index (Phi) is 2.47. The van der Waals surface area contributed by atoms with Crippen LogP contribution in [0.5, 0.6) is 0 Å². The standard InChI is InChI=1S/C17H16S/c1-2-4-13-8-16-10-17-11-18-6-5-14(17)9-15(16)7-12(13)3-1/h1-4,7-10,14,17H,5-6,11H2. The fourth-order valence-electron chi connectivity index (χ4n) is 3.18. The summed E-state index contributed by atoms with van der Waals surface area (Å²) in [6.07, 6.45) is 6.38. The maximum absolute atomic E-state index is 2.52. The van der Waals surface area contributed by atoms with Crippen molar-refractivity contribution in [2.45, 2.75) is 6.42 Å². The fraction of sp³-hybridized carbons (Fsp3) is 0.294. The molecule has 18 heavy (non-hydrogen) atoms. The van der Waals surface area contributed by atoms with Crippen LogP contribution in [0.2, 0.25) is 0 Å². The molecule has 2 aliphatic rings. The highest BCUT2D eigenvalue weighted by Gasteiger charge is 2.23. The van der Waals surface area contributed by atoms with Crippen LogP contribution >= 0.6 is 11.8 Å². The summed E-state index contributed by atoms with van der Waals surface area (Å²) in [4.78, 5) is 0. The number of rotatable bonds is 0. The second-order valence-electron chi connectivity index (χ2n) is 5.35. The first-order chi connectivity index (χ1) is 8.90. The molecule has 1 aliphatic carbocycles. The molecule has 2 unspecified atom stereocenters. The van der Waals surface area contributed by atoms with Crippen molar-refractivity contribution in [2.75, 3.05) is 11.5 Å². The molecule has 1 fully saturated rings. The lowest BCUT2D eigenvalue weighted by molar-refractivity contribution is 0.537. The van der Waals surface area contributed by atoms with Gasteiger partial charge in [0.25, 0.3) is 0 Å². The van der Waals surface area contributed by atoms with Crippen LogP contribution in [-0.4, -0.2) is 11.5 Å². The molecule has 0 radical (unpaired) electrons. The molecule has 1 heteroatoms. The molecule has 0 aromatic heterocycles. The van der Waals surface area contributed by atoms with Crippen molar-refractivity contribution in [3.63, 3.8) is 0 Å². The van der Waals surface area contributed by atoms with Crippen LogP contribution in [0, 0.1) is 11.8 Å². The van der Waals surface area contributed by atoms with Crippen LogP contribution in [-0.2, 0) is 0 Å². The molecule has 2 aromatic carbocycles. The van der Waals surface area contributed by atoms with Gasteiger partial charge >= 0.3 is 0 Å². The van der Waals surface area contributed by atoms with E-state index in [9.17, 15) is 0 Å². The van der Waals surface area contributed by atoms with Crippen molar-refractivity contribution >= 4 is 34.7 Å². The zero-order valence-corrected chi connectivity index (χ0v) is 11.1. The van der Waals surface area contributed by atoms with Crippen molar-refractivity contribution in [3.05, 3.63) is 46.8 Å². The van der Waals surface area contributed by atoms with Crippen LogP contribution < -0.4 is 10.4 Å². The average Bonchev–Trinajstić information content (AvgIpc) is 2.42. The molecular weight excluding hydrogens is 236 g/mol. The summed E-state index contributed by atoms with van der Waals surface area (Å²) in [5.74, 6) is 4.17. The molecule has 2 atom stereocenters. The monoisotopic (exact) mass is 252 g/mol. The Morgan fingerprint density at radius 3 is 2.28 bits per heavy atom. The first kappa shape index (κ1) is 10.7. The second kappa shape index (κ2) is 4.17. The molecule has 0 saturated carbocycles. The van der Waals surface area contributed by atoms with E-state index in [4.69, 9.17) is 0 Å². The third-order valence-corrected chi connectivity index (χ3v) is 5.34. The van der Waals surface area contributed by atoms with Gasteiger partial charge in [-0.3, -0.25) is 0 Å². The highest BCUT2D eigenvalue weighted by Crippen LogP contribution is 2.31. The van der Waals surface area contributed by atoms with E-state index in [1.54, 1.807) is 0 Å². The van der Waals surface area contributed by atoms with E-state index in [0.717, 1.165) is 11.8 Å². The molecule has 90 valence electrons. The lowest BCUT2D eigenvalue weighted by Crippen LogP contribution is -2.35. The summed E-state index contributed by atoms with van der Waals surface area (Å²) in [5.41, 5.74) is 0. The molecule has 0 nitrogen and oxygen atoms in total. The van der Waals surface area contributed by atoms with Crippen LogP contribution in [0.15, 0.2) is 36.4 Å². The van der Waals surface area contributed by atoms with Crippen molar-refractivity contribution in [1.29, 1.82) is 0 Å². The zero-order valence-electron chi connectivity index (χ0n) is 10.3. The van der Waals surface area contributed by atoms with Crippen molar-refractivity contribution < 1.29 is 0 Å². The summed E-state index contributed by atoms with van der Waals surface area (Å²) in [6, 6.07) is 13.4. The smallest absolute Gasteiger partial charge is 0.000154 e. The first-order valence-electron chi connectivity index (χ1n) is 6.70. The Balaban J connectivity index is 1.99. The number of benzene rings is 2. The van der Waals surface area contributed by atoms with E-state index >= 15 is 0 Å². The Morgan fingerprint density at radius 2 is 1.56 bits per heavy atom. The molecule has 0 N–H and O–H groups in total. The summed E-state index contributed by atoms with van der Waals surface area (Å²) < 4.78 is 0. The molecule has 0 spiro atoms. The van der Waals surface area contributed by atoms with Gasteiger partial charge in [-0.1, -0.05) is 36.4 Å². The fourth-order valence-corrected chi connectivity index (χ4v) is 4.40.